The van der Waals surface area contributed by atoms with Gasteiger partial charge in [0.1, 0.15) is 18.0 Å². The van der Waals surface area contributed by atoms with E-state index in [0.29, 0.717) is 36.8 Å². The second kappa shape index (κ2) is 9.14. The van der Waals surface area contributed by atoms with Crippen molar-refractivity contribution in [2.75, 3.05) is 51.5 Å². The first-order valence-corrected chi connectivity index (χ1v) is 12.1. The van der Waals surface area contributed by atoms with Gasteiger partial charge >= 0.3 is 0 Å². The molecule has 8 heteroatoms. The van der Waals surface area contributed by atoms with Gasteiger partial charge in [0, 0.05) is 18.0 Å². The van der Waals surface area contributed by atoms with Crippen LogP contribution in [0.5, 0.6) is 0 Å². The third-order valence-electron chi connectivity index (χ3n) is 7.07. The lowest BCUT2D eigenvalue weighted by molar-refractivity contribution is 0.0152. The molecule has 2 saturated heterocycles. The van der Waals surface area contributed by atoms with E-state index in [4.69, 9.17) is 36.0 Å². The van der Waals surface area contributed by atoms with Crippen molar-refractivity contribution in [3.63, 3.8) is 0 Å². The molecule has 0 saturated carbocycles. The zero-order valence-electron chi connectivity index (χ0n) is 19.5. The molecule has 2 aliphatic heterocycles. The second-order valence-electron chi connectivity index (χ2n) is 9.28. The van der Waals surface area contributed by atoms with Gasteiger partial charge in [-0.15, -0.1) is 11.6 Å². The average molecular weight is 469 g/mol. The molecule has 3 aromatic rings. The zero-order valence-corrected chi connectivity index (χ0v) is 20.3. The minimum Gasteiger partial charge on any atom is -0.377 e. The Morgan fingerprint density at radius 1 is 1.00 bits per heavy atom. The fraction of sp³-hybridized carbons (Fsp3) is 0.480. The summed E-state index contributed by atoms with van der Waals surface area (Å²) in [5.74, 6) is 2.25. The summed E-state index contributed by atoms with van der Waals surface area (Å²) in [6.07, 6.45) is 0. The molecule has 1 unspecified atom stereocenters. The quantitative estimate of drug-likeness (QED) is 0.426. The van der Waals surface area contributed by atoms with E-state index >= 15 is 0 Å². The monoisotopic (exact) mass is 468 g/mol. The second-order valence-corrected chi connectivity index (χ2v) is 9.55. The van der Waals surface area contributed by atoms with Crippen LogP contribution in [0.25, 0.3) is 22.3 Å². The molecule has 0 amide bonds. The van der Waals surface area contributed by atoms with E-state index in [1.807, 2.05) is 12.1 Å². The Balaban J connectivity index is 1.66. The average Bonchev–Trinajstić information content (AvgIpc) is 2.85. The predicted molar refractivity (Wildman–Crippen MR) is 133 cm³/mol. The van der Waals surface area contributed by atoms with Crippen molar-refractivity contribution in [2.24, 2.45) is 0 Å². The molecule has 0 bridgehead atoms. The summed E-state index contributed by atoms with van der Waals surface area (Å²) in [7, 11) is 2.25. The number of halogens is 1. The molecule has 0 aliphatic carbocycles. The van der Waals surface area contributed by atoms with Gasteiger partial charge in [-0.05, 0) is 31.5 Å². The van der Waals surface area contributed by atoms with Crippen molar-refractivity contribution in [2.45, 2.75) is 31.8 Å². The SMILES string of the molecule is C[C@H]1COCCN1c1nc([N+]2(C)CCOC[C@@H]2C)c2ccc(-c3ccc(CCl)cc3)nc2n1. The number of pyridine rings is 1. The molecular formula is C25H31ClN5O2+. The molecule has 0 spiro atoms. The third-order valence-corrected chi connectivity index (χ3v) is 7.38. The van der Waals surface area contributed by atoms with Gasteiger partial charge in [-0.1, -0.05) is 24.3 Å². The molecule has 7 nitrogen and oxygen atoms in total. The Morgan fingerprint density at radius 3 is 2.52 bits per heavy atom. The van der Waals surface area contributed by atoms with Gasteiger partial charge in [-0.2, -0.15) is 9.97 Å². The van der Waals surface area contributed by atoms with Crippen molar-refractivity contribution < 1.29 is 9.47 Å². The number of benzene rings is 1. The van der Waals surface area contributed by atoms with E-state index in [-0.39, 0.29) is 12.1 Å². The van der Waals surface area contributed by atoms with Crippen LogP contribution in [0.1, 0.15) is 19.4 Å². The Kier molecular flexibility index (Phi) is 6.22. The van der Waals surface area contributed by atoms with Gasteiger partial charge in [-0.3, -0.25) is 4.48 Å². The number of hydrogen-bond acceptors (Lipinski definition) is 6. The smallest absolute Gasteiger partial charge is 0.242 e. The summed E-state index contributed by atoms with van der Waals surface area (Å²) in [6.45, 7) is 8.80. The molecule has 2 aromatic heterocycles. The molecule has 174 valence electrons. The highest BCUT2D eigenvalue weighted by atomic mass is 35.5. The lowest BCUT2D eigenvalue weighted by Crippen LogP contribution is -2.59. The van der Waals surface area contributed by atoms with E-state index in [2.05, 4.69) is 50.1 Å². The molecular weight excluding hydrogens is 438 g/mol. The summed E-state index contributed by atoms with van der Waals surface area (Å²) in [5, 5.41) is 0.997. The number of nitrogens with zero attached hydrogens (tertiary/aromatic N) is 5. The predicted octanol–water partition coefficient (Wildman–Crippen LogP) is 4.01. The Morgan fingerprint density at radius 2 is 1.79 bits per heavy atom. The lowest BCUT2D eigenvalue weighted by Gasteiger charge is -2.42. The van der Waals surface area contributed by atoms with E-state index < -0.39 is 0 Å². The summed E-state index contributed by atoms with van der Waals surface area (Å²) in [4.78, 5) is 17.4. The number of ether oxygens (including phenoxy) is 2. The highest BCUT2D eigenvalue weighted by molar-refractivity contribution is 6.17. The van der Waals surface area contributed by atoms with Crippen LogP contribution >= 0.6 is 11.6 Å². The topological polar surface area (TPSA) is 60.4 Å². The third kappa shape index (κ3) is 4.19. The number of anilines is 1. The number of alkyl halides is 1. The summed E-state index contributed by atoms with van der Waals surface area (Å²) < 4.78 is 12.1. The number of hydrogen-bond donors (Lipinski definition) is 0. The first-order valence-electron chi connectivity index (χ1n) is 11.6. The van der Waals surface area contributed by atoms with Crippen molar-refractivity contribution >= 4 is 34.4 Å². The minimum atomic E-state index is 0.211. The largest absolute Gasteiger partial charge is 0.377 e. The lowest BCUT2D eigenvalue weighted by atomic mass is 10.1. The van der Waals surface area contributed by atoms with Crippen LogP contribution < -0.4 is 9.38 Å². The number of aromatic nitrogens is 3. The summed E-state index contributed by atoms with van der Waals surface area (Å²) in [5.41, 5.74) is 3.76. The molecule has 0 N–H and O–H groups in total. The van der Waals surface area contributed by atoms with E-state index in [1.165, 1.54) is 0 Å². The maximum Gasteiger partial charge on any atom is 0.242 e. The zero-order chi connectivity index (χ0) is 23.0. The number of rotatable bonds is 4. The highest BCUT2D eigenvalue weighted by Gasteiger charge is 2.39. The van der Waals surface area contributed by atoms with Crippen LogP contribution in [-0.4, -0.2) is 73.6 Å². The van der Waals surface area contributed by atoms with Crippen LogP contribution in [0.3, 0.4) is 0 Å². The molecule has 33 heavy (non-hydrogen) atoms. The van der Waals surface area contributed by atoms with Gasteiger partial charge in [0.25, 0.3) is 0 Å². The van der Waals surface area contributed by atoms with Crippen LogP contribution in [-0.2, 0) is 15.4 Å². The maximum atomic E-state index is 5.97. The molecule has 2 fully saturated rings. The molecule has 2 aliphatic rings. The number of quaternary nitrogens is 1. The Bertz CT molecular complexity index is 1140. The fourth-order valence-corrected chi connectivity index (χ4v) is 4.84. The highest BCUT2D eigenvalue weighted by Crippen LogP contribution is 2.35. The van der Waals surface area contributed by atoms with E-state index in [0.717, 1.165) is 52.7 Å². The number of fused-ring (bicyclic) bond motifs is 1. The van der Waals surface area contributed by atoms with Crippen LogP contribution in [0.2, 0.25) is 0 Å². The van der Waals surface area contributed by atoms with Crippen LogP contribution in [0, 0.1) is 0 Å². The normalized spacial score (nSPS) is 26.0. The van der Waals surface area contributed by atoms with Gasteiger partial charge in [-0.25, -0.2) is 4.98 Å². The van der Waals surface area contributed by atoms with Crippen molar-refractivity contribution in [3.8, 4) is 11.3 Å². The first kappa shape index (κ1) is 22.5. The van der Waals surface area contributed by atoms with E-state index in [9.17, 15) is 0 Å². The molecule has 4 heterocycles. The van der Waals surface area contributed by atoms with Crippen molar-refractivity contribution in [1.82, 2.24) is 19.4 Å². The number of morpholine rings is 2. The van der Waals surface area contributed by atoms with Gasteiger partial charge in [0.05, 0.1) is 45.2 Å². The molecule has 0 radical (unpaired) electrons. The Hall–Kier alpha value is -2.32. The number of likely N-dealkylation sites (N-methyl/N-ethyl adjacent to an activating group) is 1. The van der Waals surface area contributed by atoms with Crippen molar-refractivity contribution in [3.05, 3.63) is 42.0 Å². The summed E-state index contributed by atoms with van der Waals surface area (Å²) in [6, 6.07) is 12.9. The maximum absolute atomic E-state index is 5.97. The first-order chi connectivity index (χ1) is 16.0. The molecule has 5 rings (SSSR count). The minimum absolute atomic E-state index is 0.211. The van der Waals surface area contributed by atoms with Crippen LogP contribution in [0.4, 0.5) is 11.8 Å². The van der Waals surface area contributed by atoms with Crippen LogP contribution in [0.15, 0.2) is 36.4 Å². The van der Waals surface area contributed by atoms with E-state index in [1.54, 1.807) is 0 Å². The molecule has 3 atom stereocenters. The van der Waals surface area contributed by atoms with Gasteiger partial charge in [0.2, 0.25) is 11.8 Å². The Labute approximate surface area is 199 Å². The standard InChI is InChI=1S/C25H31ClN5O2/c1-17-15-32-12-10-30(17)25-28-23-21(24(29-25)31(3)11-13-33-16-18(31)2)8-9-22(27-23)20-6-4-19(14-26)5-7-20/h4-9,17-18H,10-16H2,1-3H3/q+1/t17-,18-,31?/m0/s1. The molecule has 1 aromatic carbocycles. The fourth-order valence-electron chi connectivity index (χ4n) is 4.66. The van der Waals surface area contributed by atoms with Gasteiger partial charge in [0.15, 0.2) is 5.65 Å². The van der Waals surface area contributed by atoms with Crippen molar-refractivity contribution in [1.29, 1.82) is 0 Å². The summed E-state index contributed by atoms with van der Waals surface area (Å²) >= 11 is 5.97. The van der Waals surface area contributed by atoms with Gasteiger partial charge < -0.3 is 14.4 Å².